The summed E-state index contributed by atoms with van der Waals surface area (Å²) in [5.41, 5.74) is 0. The van der Waals surface area contributed by atoms with Gasteiger partial charge in [-0.25, -0.2) is 0 Å². The number of hydrogen-bond donors (Lipinski definition) is 0. The van der Waals surface area contributed by atoms with Gasteiger partial charge in [0.2, 0.25) is 0 Å². The van der Waals surface area contributed by atoms with Gasteiger partial charge in [0, 0.05) is 11.8 Å². The lowest BCUT2D eigenvalue weighted by Crippen LogP contribution is -2.24. The van der Waals surface area contributed by atoms with Crippen LogP contribution in [0.3, 0.4) is 0 Å². The van der Waals surface area contributed by atoms with Gasteiger partial charge in [-0.1, -0.05) is 24.3 Å². The first-order chi connectivity index (χ1) is 7.84. The predicted molar refractivity (Wildman–Crippen MR) is 60.4 cm³/mol. The molecule has 3 saturated carbocycles. The van der Waals surface area contributed by atoms with Crippen LogP contribution in [-0.2, 0) is 4.79 Å². The highest BCUT2D eigenvalue weighted by Crippen LogP contribution is 2.66. The predicted octanol–water partition coefficient (Wildman–Crippen LogP) is 2.45. The van der Waals surface area contributed by atoms with Crippen molar-refractivity contribution >= 4 is 5.78 Å². The lowest BCUT2D eigenvalue weighted by Gasteiger charge is -2.28. The van der Waals surface area contributed by atoms with Crippen molar-refractivity contribution in [3.63, 3.8) is 0 Å². The maximum Gasteiger partial charge on any atom is 0.140 e. The topological polar surface area (TPSA) is 17.1 Å². The van der Waals surface area contributed by atoms with Crippen LogP contribution in [0, 0.1) is 47.3 Å². The van der Waals surface area contributed by atoms with E-state index < -0.39 is 0 Å². The van der Waals surface area contributed by atoms with Crippen LogP contribution in [0.4, 0.5) is 0 Å². The molecule has 82 valence electrons. The Balaban J connectivity index is 1.67. The Hall–Kier alpha value is -0.850. The highest BCUT2D eigenvalue weighted by molar-refractivity contribution is 5.89. The van der Waals surface area contributed by atoms with Crippen LogP contribution in [0.2, 0.25) is 0 Å². The van der Waals surface area contributed by atoms with E-state index in [0.717, 1.165) is 23.7 Å². The first-order valence-corrected chi connectivity index (χ1v) is 6.75. The van der Waals surface area contributed by atoms with E-state index in [1.54, 1.807) is 0 Å². The third kappa shape index (κ3) is 0.687. The van der Waals surface area contributed by atoms with Crippen molar-refractivity contribution in [3.8, 4) is 0 Å². The zero-order valence-electron chi connectivity index (χ0n) is 9.25. The normalized spacial score (nSPS) is 63.4. The molecular formula is C15H16O. The van der Waals surface area contributed by atoms with E-state index in [1.807, 2.05) is 0 Å². The van der Waals surface area contributed by atoms with Gasteiger partial charge in [0.25, 0.3) is 0 Å². The summed E-state index contributed by atoms with van der Waals surface area (Å²) >= 11 is 0. The van der Waals surface area contributed by atoms with Crippen molar-refractivity contribution in [3.05, 3.63) is 24.3 Å². The van der Waals surface area contributed by atoms with Crippen molar-refractivity contribution in [1.29, 1.82) is 0 Å². The first-order valence-electron chi connectivity index (χ1n) is 6.75. The molecule has 0 aromatic carbocycles. The monoisotopic (exact) mass is 212 g/mol. The SMILES string of the molecule is O=C1[C@H]2[C@@H]([C@@H]3[C@H]1[C@H]1C=C[C@@H]3C1)[C@H]1C=C[C@@H]2C1. The molecule has 1 nitrogen and oxygen atoms in total. The van der Waals surface area contributed by atoms with Gasteiger partial charge >= 0.3 is 0 Å². The largest absolute Gasteiger partial charge is 0.299 e. The number of Topliss-reactive ketones (excluding diaryl/α,β-unsaturated/α-hetero) is 1. The second kappa shape index (κ2) is 2.37. The summed E-state index contributed by atoms with van der Waals surface area (Å²) in [4.78, 5) is 12.6. The minimum atomic E-state index is 0.426. The Morgan fingerprint density at radius 1 is 0.750 bits per heavy atom. The van der Waals surface area contributed by atoms with Crippen molar-refractivity contribution in [2.45, 2.75) is 12.8 Å². The van der Waals surface area contributed by atoms with Crippen LogP contribution in [0.5, 0.6) is 0 Å². The van der Waals surface area contributed by atoms with E-state index in [2.05, 4.69) is 24.3 Å². The maximum absolute atomic E-state index is 12.6. The summed E-state index contributed by atoms with van der Waals surface area (Å²) in [6.45, 7) is 0. The van der Waals surface area contributed by atoms with Gasteiger partial charge in [-0.15, -0.1) is 0 Å². The molecule has 4 bridgehead atoms. The minimum absolute atomic E-state index is 0.426. The number of ketones is 1. The van der Waals surface area contributed by atoms with Crippen molar-refractivity contribution < 1.29 is 4.79 Å². The van der Waals surface area contributed by atoms with Crippen LogP contribution in [-0.4, -0.2) is 5.78 Å². The molecule has 8 atom stereocenters. The fourth-order valence-electron chi connectivity index (χ4n) is 5.79. The molecule has 16 heavy (non-hydrogen) atoms. The number of carbonyl (C=O) groups excluding carboxylic acids is 1. The molecular weight excluding hydrogens is 196 g/mol. The summed E-state index contributed by atoms with van der Waals surface area (Å²) in [7, 11) is 0. The number of carbonyl (C=O) groups is 1. The molecule has 0 aromatic heterocycles. The molecule has 0 radical (unpaired) electrons. The van der Waals surface area contributed by atoms with E-state index >= 15 is 0 Å². The van der Waals surface area contributed by atoms with Gasteiger partial charge < -0.3 is 0 Å². The van der Waals surface area contributed by atoms with Crippen molar-refractivity contribution in [2.24, 2.45) is 47.3 Å². The fraction of sp³-hybridized carbons (Fsp3) is 0.667. The second-order valence-electron chi connectivity index (χ2n) is 6.51. The third-order valence-corrected chi connectivity index (χ3v) is 6.14. The van der Waals surface area contributed by atoms with E-state index in [9.17, 15) is 4.79 Å². The van der Waals surface area contributed by atoms with Crippen LogP contribution < -0.4 is 0 Å². The molecule has 0 amide bonds. The zero-order valence-corrected chi connectivity index (χ0v) is 9.25. The van der Waals surface area contributed by atoms with Gasteiger partial charge in [0.05, 0.1) is 0 Å². The second-order valence-corrected chi connectivity index (χ2v) is 6.51. The van der Waals surface area contributed by atoms with Crippen LogP contribution in [0.25, 0.3) is 0 Å². The van der Waals surface area contributed by atoms with Crippen molar-refractivity contribution in [1.82, 2.24) is 0 Å². The van der Waals surface area contributed by atoms with Crippen LogP contribution >= 0.6 is 0 Å². The Kier molecular flexibility index (Phi) is 1.22. The summed E-state index contributed by atoms with van der Waals surface area (Å²) < 4.78 is 0. The molecule has 5 aliphatic carbocycles. The summed E-state index contributed by atoms with van der Waals surface area (Å²) in [6.07, 6.45) is 12.1. The Morgan fingerprint density at radius 3 is 1.69 bits per heavy atom. The van der Waals surface area contributed by atoms with Gasteiger partial charge in [-0.05, 0) is 48.3 Å². The minimum Gasteiger partial charge on any atom is -0.299 e. The highest BCUT2D eigenvalue weighted by Gasteiger charge is 2.65. The lowest BCUT2D eigenvalue weighted by atomic mass is 9.75. The number of hydrogen-bond acceptors (Lipinski definition) is 1. The number of fused-ring (bicyclic) bond motifs is 11. The molecule has 0 spiro atoms. The quantitative estimate of drug-likeness (QED) is 0.564. The average molecular weight is 212 g/mol. The maximum atomic E-state index is 12.6. The smallest absolute Gasteiger partial charge is 0.140 e. The molecule has 1 heteroatoms. The zero-order chi connectivity index (χ0) is 10.4. The van der Waals surface area contributed by atoms with Gasteiger partial charge in [0.1, 0.15) is 5.78 Å². The molecule has 0 saturated heterocycles. The van der Waals surface area contributed by atoms with Crippen LogP contribution in [0.15, 0.2) is 24.3 Å². The average Bonchev–Trinajstić information content (AvgIpc) is 2.98. The first kappa shape index (κ1) is 8.27. The summed E-state index contributed by atoms with van der Waals surface area (Å²) in [5.74, 6) is 5.69. The standard InChI is InChI=1S/C15H16O/c16-15-13-9-3-1-7(5-9)11(13)12-8-2-4-10(6-8)14(12)15/h1-4,7-14H,5-6H2/t7-,8+,9+,10-,11-,12-,13-,14-/m1/s1. The van der Waals surface area contributed by atoms with E-state index in [-0.39, 0.29) is 0 Å². The molecule has 0 aromatic rings. The van der Waals surface area contributed by atoms with E-state index in [1.165, 1.54) is 12.8 Å². The molecule has 3 fully saturated rings. The molecule has 0 N–H and O–H groups in total. The Morgan fingerprint density at radius 2 is 1.19 bits per heavy atom. The number of rotatable bonds is 0. The third-order valence-electron chi connectivity index (χ3n) is 6.14. The fourth-order valence-corrected chi connectivity index (χ4v) is 5.79. The van der Waals surface area contributed by atoms with Gasteiger partial charge in [0.15, 0.2) is 0 Å². The van der Waals surface area contributed by atoms with E-state index in [4.69, 9.17) is 0 Å². The van der Waals surface area contributed by atoms with Crippen LogP contribution in [0.1, 0.15) is 12.8 Å². The van der Waals surface area contributed by atoms with E-state index in [0.29, 0.717) is 29.5 Å². The lowest BCUT2D eigenvalue weighted by molar-refractivity contribution is -0.125. The Labute approximate surface area is 95.6 Å². The van der Waals surface area contributed by atoms with Crippen molar-refractivity contribution in [2.75, 3.05) is 0 Å². The highest BCUT2D eigenvalue weighted by atomic mass is 16.1. The molecule has 0 heterocycles. The number of allylic oxidation sites excluding steroid dienone is 4. The van der Waals surface area contributed by atoms with Gasteiger partial charge in [-0.2, -0.15) is 0 Å². The summed E-state index contributed by atoms with van der Waals surface area (Å²) in [6, 6.07) is 0. The van der Waals surface area contributed by atoms with Gasteiger partial charge in [-0.3, -0.25) is 4.79 Å². The summed E-state index contributed by atoms with van der Waals surface area (Å²) in [5, 5.41) is 0. The Bertz CT molecular complexity index is 406. The molecule has 5 rings (SSSR count). The molecule has 5 aliphatic rings. The molecule has 0 unspecified atom stereocenters. The molecule has 0 aliphatic heterocycles.